The average Bonchev–Trinajstić information content (AvgIpc) is 3.52. The lowest BCUT2D eigenvalue weighted by Crippen LogP contribution is -2.49. The minimum atomic E-state index is -4.21. The van der Waals surface area contributed by atoms with Crippen molar-refractivity contribution in [3.05, 3.63) is 108 Å². The van der Waals surface area contributed by atoms with Crippen LogP contribution < -0.4 is 20.7 Å². The van der Waals surface area contributed by atoms with E-state index in [1.807, 2.05) is 73.7 Å². The van der Waals surface area contributed by atoms with Crippen molar-refractivity contribution in [1.29, 1.82) is 0 Å². The van der Waals surface area contributed by atoms with Gasteiger partial charge in [0.25, 0.3) is 0 Å². The van der Waals surface area contributed by atoms with E-state index in [4.69, 9.17) is 4.74 Å². The zero-order chi connectivity index (χ0) is 36.5. The highest BCUT2D eigenvalue weighted by atomic mass is 32.2. The molecule has 51 heavy (non-hydrogen) atoms. The highest BCUT2D eigenvalue weighted by Crippen LogP contribution is 2.25. The Balaban J connectivity index is 1.18. The Morgan fingerprint density at radius 1 is 0.941 bits per heavy atom. The Morgan fingerprint density at radius 2 is 1.61 bits per heavy atom. The molecule has 3 atom stereocenters. The van der Waals surface area contributed by atoms with Crippen LogP contribution in [0.3, 0.4) is 0 Å². The molecule has 268 valence electrons. The number of carbonyl (C=O) groups excluding carboxylic acids is 2. The van der Waals surface area contributed by atoms with Crippen molar-refractivity contribution in [1.82, 2.24) is 19.9 Å². The van der Waals surface area contributed by atoms with Gasteiger partial charge in [0.15, 0.2) is 0 Å². The number of carboxylic acid groups (broad SMARTS) is 1. The van der Waals surface area contributed by atoms with E-state index in [1.165, 1.54) is 0 Å². The summed E-state index contributed by atoms with van der Waals surface area (Å²) in [5.74, 6) is -1.43. The number of aliphatic carboxylic acids is 1. The molecule has 0 spiro atoms. The number of benzene rings is 3. The number of carboxylic acids is 1. The van der Waals surface area contributed by atoms with E-state index in [2.05, 4.69) is 25.7 Å². The van der Waals surface area contributed by atoms with E-state index in [-0.39, 0.29) is 23.5 Å². The number of rotatable bonds is 14. The number of amides is 3. The van der Waals surface area contributed by atoms with Crippen LogP contribution in [0.2, 0.25) is 0 Å². The number of nitrogens with zero attached hydrogens (tertiary/aromatic N) is 2. The Morgan fingerprint density at radius 3 is 2.25 bits per heavy atom. The van der Waals surface area contributed by atoms with Crippen LogP contribution in [0.5, 0.6) is 0 Å². The van der Waals surface area contributed by atoms with Crippen molar-refractivity contribution in [2.75, 3.05) is 36.9 Å². The predicted molar refractivity (Wildman–Crippen MR) is 194 cm³/mol. The number of anilines is 2. The van der Waals surface area contributed by atoms with Gasteiger partial charge in [0.2, 0.25) is 15.9 Å². The van der Waals surface area contributed by atoms with Crippen molar-refractivity contribution in [2.45, 2.75) is 50.3 Å². The van der Waals surface area contributed by atoms with Gasteiger partial charge < -0.3 is 30.7 Å². The van der Waals surface area contributed by atoms with E-state index in [9.17, 15) is 27.9 Å². The topological polar surface area (TPSA) is 179 Å². The number of aryl methyl sites for hydroxylation is 3. The average molecular weight is 715 g/mol. The molecule has 0 bridgehead atoms. The van der Waals surface area contributed by atoms with E-state index >= 15 is 0 Å². The smallest absolute Gasteiger partial charge is 0.323 e. The molecule has 0 saturated carbocycles. The van der Waals surface area contributed by atoms with Crippen LogP contribution in [0, 0.1) is 20.8 Å². The molecule has 5 rings (SSSR count). The van der Waals surface area contributed by atoms with Crippen LogP contribution in [0.25, 0.3) is 11.1 Å². The fourth-order valence-corrected chi connectivity index (χ4v) is 7.82. The minimum absolute atomic E-state index is 0.000114. The zero-order valence-electron chi connectivity index (χ0n) is 28.6. The highest BCUT2D eigenvalue weighted by molar-refractivity contribution is 7.89. The van der Waals surface area contributed by atoms with Crippen molar-refractivity contribution >= 4 is 39.4 Å². The number of urea groups is 1. The molecule has 0 radical (unpaired) electrons. The first-order valence-corrected chi connectivity index (χ1v) is 18.0. The molecule has 1 fully saturated rings. The summed E-state index contributed by atoms with van der Waals surface area (Å²) >= 11 is 0. The van der Waals surface area contributed by atoms with Gasteiger partial charge in [-0.3, -0.25) is 9.59 Å². The summed E-state index contributed by atoms with van der Waals surface area (Å²) < 4.78 is 34.4. The maximum absolute atomic E-state index is 13.5. The van der Waals surface area contributed by atoms with Gasteiger partial charge in [-0.05, 0) is 73.7 Å². The van der Waals surface area contributed by atoms with Crippen LogP contribution >= 0.6 is 0 Å². The second-order valence-electron chi connectivity index (χ2n) is 12.5. The van der Waals surface area contributed by atoms with Gasteiger partial charge in [0.1, 0.15) is 18.5 Å². The van der Waals surface area contributed by atoms with E-state index in [1.54, 1.807) is 43.1 Å². The Hall–Kier alpha value is -5.31. The second kappa shape index (κ2) is 16.6. The number of carbonyl (C=O) groups is 3. The molecule has 13 nitrogen and oxygen atoms in total. The first-order chi connectivity index (χ1) is 24.4. The third kappa shape index (κ3) is 9.90. The summed E-state index contributed by atoms with van der Waals surface area (Å²) in [6, 6.07) is 24.1. The van der Waals surface area contributed by atoms with Crippen molar-refractivity contribution in [3.8, 4) is 11.1 Å². The van der Waals surface area contributed by atoms with E-state index in [0.29, 0.717) is 35.6 Å². The molecule has 14 heteroatoms. The number of nitrogens with one attached hydrogen (secondary N) is 4. The molecule has 4 aromatic rings. The standard InChI is InChI=1S/C37H42N6O7S/c1-24-17-25(2)35(26(3)18-24)51(48,49)42-32(36(45)46)21-40-34(44)23-50-31-19-30(20-39-33-11-7-8-16-38-33)43(22-31)37(47)41-29-14-12-28(13-15-29)27-9-5-4-6-10-27/h4-18,30-32,42H,19-23H2,1-3H3,(H,38,39)(H,40,44)(H,41,47)(H,45,46). The molecule has 0 aliphatic carbocycles. The van der Waals surface area contributed by atoms with Gasteiger partial charge in [-0.1, -0.05) is 66.2 Å². The van der Waals surface area contributed by atoms with Gasteiger partial charge in [-0.25, -0.2) is 18.2 Å². The largest absolute Gasteiger partial charge is 0.480 e. The van der Waals surface area contributed by atoms with E-state index in [0.717, 1.165) is 16.7 Å². The fraction of sp³-hybridized carbons (Fsp3) is 0.297. The number of likely N-dealkylation sites (tertiary alicyclic amines) is 1. The van der Waals surface area contributed by atoms with Crippen LogP contribution in [-0.2, 0) is 24.3 Å². The molecule has 1 aliphatic rings. The van der Waals surface area contributed by atoms with Crippen LogP contribution in [0.15, 0.2) is 96.0 Å². The van der Waals surface area contributed by atoms with E-state index < -0.39 is 47.2 Å². The summed E-state index contributed by atoms with van der Waals surface area (Å²) in [5.41, 5.74) is 4.54. The molecular weight excluding hydrogens is 673 g/mol. The maximum atomic E-state index is 13.5. The molecule has 3 aromatic carbocycles. The molecule has 5 N–H and O–H groups in total. The molecular formula is C37H42N6O7S. The first-order valence-electron chi connectivity index (χ1n) is 16.5. The normalized spacial score (nSPS) is 16.3. The van der Waals surface area contributed by atoms with Crippen molar-refractivity contribution < 1.29 is 32.6 Å². The van der Waals surface area contributed by atoms with Crippen molar-refractivity contribution in [2.24, 2.45) is 0 Å². The molecule has 3 unspecified atom stereocenters. The SMILES string of the molecule is Cc1cc(C)c(S(=O)(=O)NC(CNC(=O)COC2CC(CNc3ccccn3)N(C(=O)Nc3ccc(-c4ccccc4)cc3)C2)C(=O)O)c(C)c1. The van der Waals surface area contributed by atoms with Gasteiger partial charge in [-0.2, -0.15) is 4.72 Å². The Kier molecular flexibility index (Phi) is 12.0. The summed E-state index contributed by atoms with van der Waals surface area (Å²) in [6.07, 6.45) is 1.58. The lowest BCUT2D eigenvalue weighted by atomic mass is 10.1. The van der Waals surface area contributed by atoms with Gasteiger partial charge in [-0.15, -0.1) is 0 Å². The highest BCUT2D eigenvalue weighted by Gasteiger charge is 2.36. The van der Waals surface area contributed by atoms with Gasteiger partial charge in [0.05, 0.1) is 17.0 Å². The van der Waals surface area contributed by atoms with Crippen LogP contribution in [0.1, 0.15) is 23.1 Å². The number of aromatic nitrogens is 1. The molecule has 1 aromatic heterocycles. The fourth-order valence-electron chi connectivity index (χ4n) is 6.18. The number of pyridine rings is 1. The monoisotopic (exact) mass is 714 g/mol. The van der Waals surface area contributed by atoms with Gasteiger partial charge in [0, 0.05) is 31.5 Å². The lowest BCUT2D eigenvalue weighted by Gasteiger charge is -2.25. The maximum Gasteiger partial charge on any atom is 0.323 e. The molecule has 2 heterocycles. The predicted octanol–water partition coefficient (Wildman–Crippen LogP) is 4.33. The number of hydrogen-bond acceptors (Lipinski definition) is 8. The van der Waals surface area contributed by atoms with Crippen LogP contribution in [-0.4, -0.2) is 85.7 Å². The van der Waals surface area contributed by atoms with Crippen LogP contribution in [0.4, 0.5) is 16.3 Å². The summed E-state index contributed by atoms with van der Waals surface area (Å²) in [6.45, 7) is 4.77. The summed E-state index contributed by atoms with van der Waals surface area (Å²) in [4.78, 5) is 44.2. The first kappa shape index (κ1) is 37.0. The zero-order valence-corrected chi connectivity index (χ0v) is 29.4. The number of hydrogen-bond donors (Lipinski definition) is 5. The lowest BCUT2D eigenvalue weighted by molar-refractivity contribution is -0.139. The molecule has 1 saturated heterocycles. The molecule has 3 amide bonds. The third-order valence-corrected chi connectivity index (χ3v) is 10.3. The summed E-state index contributed by atoms with van der Waals surface area (Å²) in [7, 11) is -4.21. The second-order valence-corrected chi connectivity index (χ2v) is 14.1. The number of sulfonamides is 1. The molecule has 1 aliphatic heterocycles. The summed E-state index contributed by atoms with van der Waals surface area (Å²) in [5, 5.41) is 18.4. The number of ether oxygens (including phenoxy) is 1. The third-order valence-electron chi connectivity index (χ3n) is 8.49. The van der Waals surface area contributed by atoms with Crippen molar-refractivity contribution in [3.63, 3.8) is 0 Å². The minimum Gasteiger partial charge on any atom is -0.480 e. The quantitative estimate of drug-likeness (QED) is 0.127. The Bertz CT molecular complexity index is 1920. The Labute approximate surface area is 297 Å². The van der Waals surface area contributed by atoms with Gasteiger partial charge >= 0.3 is 12.0 Å².